The van der Waals surface area contributed by atoms with E-state index in [-0.39, 0.29) is 11.9 Å². The fraction of sp³-hybridized carbons (Fsp3) is 0.263. The maximum Gasteiger partial charge on any atom is 0.231 e. The first-order chi connectivity index (χ1) is 10.9. The van der Waals surface area contributed by atoms with Gasteiger partial charge in [0.2, 0.25) is 5.91 Å². The fourth-order valence-corrected chi connectivity index (χ4v) is 2.99. The van der Waals surface area contributed by atoms with Crippen LogP contribution in [0, 0.1) is 6.92 Å². The largest absolute Gasteiger partial charge is 0.369 e. The van der Waals surface area contributed by atoms with E-state index in [9.17, 15) is 4.79 Å². The number of carbonyl (C=O) groups is 1. The molecule has 1 heterocycles. The number of aliphatic imine (C=N–C) groups is 1. The Labute approximate surface area is 136 Å². The molecule has 0 spiro atoms. The fourth-order valence-electron chi connectivity index (χ4n) is 2.99. The van der Waals surface area contributed by atoms with Crippen LogP contribution in [0.2, 0.25) is 0 Å². The van der Waals surface area contributed by atoms with Crippen LogP contribution in [0.3, 0.4) is 0 Å². The third kappa shape index (κ3) is 2.72. The molecule has 2 aromatic carbocycles. The molecule has 0 aliphatic carbocycles. The molecule has 1 aliphatic heterocycles. The molecule has 3 rings (SSSR count). The van der Waals surface area contributed by atoms with E-state index in [4.69, 9.17) is 5.73 Å². The molecule has 0 unspecified atom stereocenters. The van der Waals surface area contributed by atoms with Gasteiger partial charge in [-0.3, -0.25) is 9.69 Å². The topological polar surface area (TPSA) is 58.7 Å². The van der Waals surface area contributed by atoms with Crippen molar-refractivity contribution in [2.45, 2.75) is 25.8 Å². The molecule has 2 aromatic rings. The monoisotopic (exact) mass is 307 g/mol. The maximum atomic E-state index is 12.2. The molecular weight excluding hydrogens is 286 g/mol. The summed E-state index contributed by atoms with van der Waals surface area (Å²) in [6.07, 6.45) is 0.321. The summed E-state index contributed by atoms with van der Waals surface area (Å²) in [5, 5.41) is 0. The van der Waals surface area contributed by atoms with Gasteiger partial charge in [0.25, 0.3) is 0 Å². The van der Waals surface area contributed by atoms with Crippen LogP contribution in [-0.2, 0) is 10.3 Å². The highest BCUT2D eigenvalue weighted by Crippen LogP contribution is 2.35. The minimum atomic E-state index is -0.619. The summed E-state index contributed by atoms with van der Waals surface area (Å²) >= 11 is 0. The number of nitrogens with two attached hydrogens (primary N) is 1. The number of amides is 1. The van der Waals surface area contributed by atoms with Crippen LogP contribution >= 0.6 is 0 Å². The average Bonchev–Trinajstić information content (AvgIpc) is 2.53. The number of aryl methyl sites for hydroxylation is 1. The third-order valence-corrected chi connectivity index (χ3v) is 4.52. The van der Waals surface area contributed by atoms with E-state index < -0.39 is 5.54 Å². The molecule has 0 saturated heterocycles. The van der Waals surface area contributed by atoms with Crippen LogP contribution in [0.5, 0.6) is 0 Å². The number of carbonyl (C=O) groups excluding carboxylic acids is 1. The van der Waals surface area contributed by atoms with Crippen molar-refractivity contribution in [2.24, 2.45) is 10.7 Å². The highest BCUT2D eigenvalue weighted by molar-refractivity contribution is 5.98. The molecule has 1 amide bonds. The van der Waals surface area contributed by atoms with Crippen molar-refractivity contribution in [1.29, 1.82) is 0 Å². The van der Waals surface area contributed by atoms with Gasteiger partial charge in [0.1, 0.15) is 0 Å². The van der Waals surface area contributed by atoms with Crippen molar-refractivity contribution in [3.63, 3.8) is 0 Å². The second kappa shape index (κ2) is 5.54. The van der Waals surface area contributed by atoms with Crippen molar-refractivity contribution < 1.29 is 4.79 Å². The molecular formula is C19H21N3O. The number of benzene rings is 2. The maximum absolute atomic E-state index is 12.2. The van der Waals surface area contributed by atoms with Crippen molar-refractivity contribution >= 4 is 11.9 Å². The Hall–Kier alpha value is -2.62. The minimum absolute atomic E-state index is 0.0127. The van der Waals surface area contributed by atoms with Crippen molar-refractivity contribution in [1.82, 2.24) is 4.90 Å². The second-order valence-electron chi connectivity index (χ2n) is 6.27. The zero-order valence-corrected chi connectivity index (χ0v) is 13.7. The summed E-state index contributed by atoms with van der Waals surface area (Å²) in [4.78, 5) is 18.1. The van der Waals surface area contributed by atoms with E-state index in [1.54, 1.807) is 7.05 Å². The molecule has 0 radical (unpaired) electrons. The molecule has 0 aromatic heterocycles. The number of nitrogens with zero attached hydrogens (tertiary/aromatic N) is 2. The van der Waals surface area contributed by atoms with Crippen molar-refractivity contribution in [3.05, 3.63) is 59.7 Å². The van der Waals surface area contributed by atoms with Gasteiger partial charge >= 0.3 is 0 Å². The molecule has 1 atom stereocenters. The van der Waals surface area contributed by atoms with Crippen molar-refractivity contribution in [2.75, 3.05) is 7.05 Å². The smallest absolute Gasteiger partial charge is 0.231 e. The van der Waals surface area contributed by atoms with Crippen LogP contribution in [0.25, 0.3) is 11.1 Å². The van der Waals surface area contributed by atoms with E-state index in [2.05, 4.69) is 36.2 Å². The summed E-state index contributed by atoms with van der Waals surface area (Å²) in [6.45, 7) is 4.06. The SMILES string of the molecule is Cc1ccccc1-c1cccc([C@]2(C)CC(=O)N(C)C(N)=N2)c1. The lowest BCUT2D eigenvalue weighted by Crippen LogP contribution is -2.47. The molecule has 0 bridgehead atoms. The highest BCUT2D eigenvalue weighted by atomic mass is 16.2. The van der Waals surface area contributed by atoms with Gasteiger partial charge in [-0.2, -0.15) is 0 Å². The zero-order chi connectivity index (χ0) is 16.6. The van der Waals surface area contributed by atoms with Crippen molar-refractivity contribution in [3.8, 4) is 11.1 Å². The molecule has 4 heteroatoms. The molecule has 0 saturated carbocycles. The Kier molecular flexibility index (Phi) is 3.68. The normalized spacial score (nSPS) is 21.3. The predicted octanol–water partition coefficient (Wildman–Crippen LogP) is 3.05. The van der Waals surface area contributed by atoms with Crippen LogP contribution in [0.1, 0.15) is 24.5 Å². The van der Waals surface area contributed by atoms with Gasteiger partial charge in [0.05, 0.1) is 12.0 Å². The zero-order valence-electron chi connectivity index (χ0n) is 13.7. The number of rotatable bonds is 2. The third-order valence-electron chi connectivity index (χ3n) is 4.52. The van der Waals surface area contributed by atoms with Gasteiger partial charge in [-0.1, -0.05) is 42.5 Å². The highest BCUT2D eigenvalue weighted by Gasteiger charge is 2.36. The van der Waals surface area contributed by atoms with E-state index in [0.717, 1.165) is 11.1 Å². The van der Waals surface area contributed by atoms with Gasteiger partial charge < -0.3 is 5.73 Å². The standard InChI is InChI=1S/C19H21N3O/c1-13-7-4-5-10-16(13)14-8-6-9-15(11-14)19(2)12-17(23)22(3)18(20)21-19/h4-11H,12H2,1-3H3,(H2,20,21)/t19-/m0/s1. The Morgan fingerprint density at radius 2 is 1.91 bits per heavy atom. The van der Waals surface area contributed by atoms with Gasteiger partial charge in [0, 0.05) is 7.05 Å². The first kappa shape index (κ1) is 15.3. The second-order valence-corrected chi connectivity index (χ2v) is 6.27. The van der Waals surface area contributed by atoms with Crippen LogP contribution in [0.4, 0.5) is 0 Å². The van der Waals surface area contributed by atoms with Crippen LogP contribution < -0.4 is 5.73 Å². The first-order valence-corrected chi connectivity index (χ1v) is 7.69. The van der Waals surface area contributed by atoms with Crippen LogP contribution in [-0.4, -0.2) is 23.8 Å². The summed E-state index contributed by atoms with van der Waals surface area (Å²) in [6, 6.07) is 16.5. The minimum Gasteiger partial charge on any atom is -0.369 e. The Bertz CT molecular complexity index is 797. The average molecular weight is 307 g/mol. The molecule has 23 heavy (non-hydrogen) atoms. The summed E-state index contributed by atoms with van der Waals surface area (Å²) in [7, 11) is 1.66. The molecule has 118 valence electrons. The summed E-state index contributed by atoms with van der Waals surface area (Å²) < 4.78 is 0. The van der Waals surface area contributed by atoms with Gasteiger partial charge in [-0.05, 0) is 42.2 Å². The lowest BCUT2D eigenvalue weighted by atomic mass is 9.85. The number of hydrogen-bond donors (Lipinski definition) is 1. The summed E-state index contributed by atoms with van der Waals surface area (Å²) in [5.74, 6) is 0.256. The Morgan fingerprint density at radius 1 is 1.17 bits per heavy atom. The van der Waals surface area contributed by atoms with E-state index in [1.807, 2.05) is 31.2 Å². The molecule has 0 fully saturated rings. The van der Waals surface area contributed by atoms with Gasteiger partial charge in [-0.25, -0.2) is 4.99 Å². The lowest BCUT2D eigenvalue weighted by molar-refractivity contribution is -0.128. The Morgan fingerprint density at radius 3 is 2.61 bits per heavy atom. The Balaban J connectivity index is 2.07. The molecule has 4 nitrogen and oxygen atoms in total. The molecule has 2 N–H and O–H groups in total. The summed E-state index contributed by atoms with van der Waals surface area (Å²) in [5.41, 5.74) is 9.83. The van der Waals surface area contributed by atoms with Crippen LogP contribution in [0.15, 0.2) is 53.5 Å². The lowest BCUT2D eigenvalue weighted by Gasteiger charge is -2.33. The predicted molar refractivity (Wildman–Crippen MR) is 93.0 cm³/mol. The number of guanidine groups is 1. The van der Waals surface area contributed by atoms with E-state index >= 15 is 0 Å². The van der Waals surface area contributed by atoms with Gasteiger partial charge in [-0.15, -0.1) is 0 Å². The first-order valence-electron chi connectivity index (χ1n) is 7.69. The van der Waals surface area contributed by atoms with E-state index in [1.165, 1.54) is 16.0 Å². The van der Waals surface area contributed by atoms with Gasteiger partial charge in [0.15, 0.2) is 5.96 Å². The molecule has 1 aliphatic rings. The van der Waals surface area contributed by atoms with E-state index in [0.29, 0.717) is 6.42 Å². The quantitative estimate of drug-likeness (QED) is 0.927. The number of hydrogen-bond acceptors (Lipinski definition) is 3.